The first-order chi connectivity index (χ1) is 18.0. The van der Waals surface area contributed by atoms with Gasteiger partial charge in [0.2, 0.25) is 0 Å². The summed E-state index contributed by atoms with van der Waals surface area (Å²) in [5.41, 5.74) is 6.77. The smallest absolute Gasteiger partial charge is 0.365 e. The first kappa shape index (κ1) is 25.0. The van der Waals surface area contributed by atoms with Gasteiger partial charge < -0.3 is 11.1 Å². The number of nitrogens with zero attached hydrogens (tertiary/aromatic N) is 8. The summed E-state index contributed by atoms with van der Waals surface area (Å²) in [6.45, 7) is 1.35. The number of nitrogens with two attached hydrogens (primary N) is 1. The quantitative estimate of drug-likeness (QED) is 0.271. The molecule has 1 aromatic carbocycles. The summed E-state index contributed by atoms with van der Waals surface area (Å²) in [6, 6.07) is 6.37. The third-order valence-electron chi connectivity index (χ3n) is 5.36. The number of aryl methyl sites for hydroxylation is 1. The molecule has 5 aromatic rings. The lowest BCUT2D eigenvalue weighted by Crippen LogP contribution is -2.22. The van der Waals surface area contributed by atoms with Crippen LogP contribution in [-0.2, 0) is 12.7 Å². The molecule has 0 aliphatic rings. The number of halogens is 4. The van der Waals surface area contributed by atoms with Gasteiger partial charge >= 0.3 is 6.18 Å². The maximum absolute atomic E-state index is 13.5. The Morgan fingerprint density at radius 1 is 1.24 bits per heavy atom. The van der Waals surface area contributed by atoms with Gasteiger partial charge in [-0.2, -0.15) is 28.2 Å². The van der Waals surface area contributed by atoms with Gasteiger partial charge in [0.05, 0.1) is 33.1 Å². The molecule has 0 aliphatic heterocycles. The van der Waals surface area contributed by atoms with E-state index in [9.17, 15) is 22.8 Å². The van der Waals surface area contributed by atoms with Crippen molar-refractivity contribution in [3.8, 4) is 5.82 Å². The number of hydrogen-bond donors (Lipinski definition) is 3. The Morgan fingerprint density at radius 2 is 2.03 bits per heavy atom. The molecule has 0 atom stereocenters. The van der Waals surface area contributed by atoms with E-state index in [0.717, 1.165) is 0 Å². The van der Waals surface area contributed by atoms with Gasteiger partial charge in [-0.1, -0.05) is 0 Å². The van der Waals surface area contributed by atoms with Gasteiger partial charge in [0.25, 0.3) is 17.6 Å². The Morgan fingerprint density at radius 3 is 2.71 bits per heavy atom. The third kappa shape index (κ3) is 4.58. The number of alkyl halides is 3. The van der Waals surface area contributed by atoms with E-state index < -0.39 is 23.8 Å². The maximum Gasteiger partial charge on any atom is 0.455 e. The first-order valence-electron chi connectivity index (χ1n) is 10.7. The molecular weight excluding hydrogens is 575 g/mol. The van der Waals surface area contributed by atoms with Gasteiger partial charge in [0, 0.05) is 11.6 Å². The van der Waals surface area contributed by atoms with Gasteiger partial charge in [-0.15, -0.1) is 10.2 Å². The number of aromatic nitrogens is 9. The molecule has 17 heteroatoms. The van der Waals surface area contributed by atoms with Crippen molar-refractivity contribution in [2.45, 2.75) is 19.6 Å². The lowest BCUT2D eigenvalue weighted by Gasteiger charge is -2.14. The number of tetrazole rings is 1. The van der Waals surface area contributed by atoms with Crippen LogP contribution in [0.1, 0.15) is 37.9 Å². The Kier molecular flexibility index (Phi) is 6.14. The number of carbonyl (C=O) groups excluding carboxylic acids is 2. The molecule has 4 heterocycles. The lowest BCUT2D eigenvalue weighted by atomic mass is 10.0. The summed E-state index contributed by atoms with van der Waals surface area (Å²) < 4.78 is 40.3. The van der Waals surface area contributed by atoms with E-state index in [1.54, 1.807) is 25.1 Å². The van der Waals surface area contributed by atoms with Crippen molar-refractivity contribution in [1.29, 1.82) is 0 Å². The Hall–Kier alpha value is -4.67. The van der Waals surface area contributed by atoms with Crippen molar-refractivity contribution in [1.82, 2.24) is 45.2 Å². The molecule has 4 aromatic heterocycles. The number of carbonyl (C=O) groups is 2. The highest BCUT2D eigenvalue weighted by atomic mass is 79.9. The van der Waals surface area contributed by atoms with Crippen molar-refractivity contribution in [3.63, 3.8) is 0 Å². The Bertz CT molecular complexity index is 1710. The largest absolute Gasteiger partial charge is 0.455 e. The van der Waals surface area contributed by atoms with Crippen molar-refractivity contribution < 1.29 is 22.8 Å². The number of hydrogen-bond acceptors (Lipinski definition) is 8. The maximum atomic E-state index is 13.5. The van der Waals surface area contributed by atoms with Gasteiger partial charge in [0.1, 0.15) is 12.2 Å². The van der Waals surface area contributed by atoms with Gasteiger partial charge in [0.15, 0.2) is 5.82 Å². The van der Waals surface area contributed by atoms with E-state index >= 15 is 0 Å². The number of benzene rings is 1. The van der Waals surface area contributed by atoms with Crippen LogP contribution in [0.5, 0.6) is 0 Å². The molecule has 0 saturated carbocycles. The van der Waals surface area contributed by atoms with Gasteiger partial charge in [-0.3, -0.25) is 14.7 Å². The summed E-state index contributed by atoms with van der Waals surface area (Å²) in [5, 5.41) is 24.0. The first-order valence-corrected chi connectivity index (χ1v) is 11.4. The third-order valence-corrected chi connectivity index (χ3v) is 5.98. The molecule has 5 rings (SSSR count). The fourth-order valence-electron chi connectivity index (χ4n) is 3.75. The summed E-state index contributed by atoms with van der Waals surface area (Å²) in [7, 11) is 0. The van der Waals surface area contributed by atoms with E-state index in [1.165, 1.54) is 23.1 Å². The minimum atomic E-state index is -4.77. The van der Waals surface area contributed by atoms with Crippen LogP contribution in [0.4, 0.5) is 18.9 Å². The molecular formula is C21H15BrF3N11O2. The minimum absolute atomic E-state index is 0.0302. The molecule has 0 unspecified atom stereocenters. The lowest BCUT2D eigenvalue weighted by molar-refractivity contribution is -0.145. The number of anilines is 1. The molecule has 13 nitrogen and oxygen atoms in total. The number of amides is 2. The molecule has 0 spiro atoms. The normalized spacial score (nSPS) is 11.7. The van der Waals surface area contributed by atoms with E-state index in [1.807, 2.05) is 0 Å². The average Bonchev–Trinajstić information content (AvgIpc) is 3.59. The van der Waals surface area contributed by atoms with Crippen LogP contribution < -0.4 is 11.1 Å². The SMILES string of the molecule is Cc1cc2cn[nH]c2c(C(N)=O)c1NC(=O)c1cc(Cn2nnc(C(F)(F)F)n2)nn1-c1ncccc1Br. The molecule has 0 radical (unpaired) electrons. The number of fused-ring (bicyclic) bond motifs is 1. The summed E-state index contributed by atoms with van der Waals surface area (Å²) in [4.78, 5) is 30.8. The number of rotatable bonds is 6. The molecule has 2 amide bonds. The molecule has 4 N–H and O–H groups in total. The zero-order chi connectivity index (χ0) is 27.2. The van der Waals surface area contributed by atoms with Crippen LogP contribution in [0.2, 0.25) is 0 Å². The Labute approximate surface area is 218 Å². The van der Waals surface area contributed by atoms with Crippen molar-refractivity contribution in [2.75, 3.05) is 5.32 Å². The molecule has 0 aliphatic carbocycles. The van der Waals surface area contributed by atoms with Crippen LogP contribution in [0.25, 0.3) is 16.7 Å². The van der Waals surface area contributed by atoms with E-state index in [4.69, 9.17) is 5.73 Å². The monoisotopic (exact) mass is 589 g/mol. The predicted octanol–water partition coefficient (Wildman–Crippen LogP) is 2.62. The van der Waals surface area contributed by atoms with Gasteiger partial charge in [-0.05, 0) is 57.9 Å². The van der Waals surface area contributed by atoms with Crippen molar-refractivity contribution in [3.05, 3.63) is 69.5 Å². The fraction of sp³-hybridized carbons (Fsp3) is 0.143. The highest BCUT2D eigenvalue weighted by molar-refractivity contribution is 9.10. The van der Waals surface area contributed by atoms with Crippen LogP contribution in [-0.4, -0.2) is 57.0 Å². The zero-order valence-electron chi connectivity index (χ0n) is 19.2. The van der Waals surface area contributed by atoms with Crippen LogP contribution >= 0.6 is 15.9 Å². The standard InChI is InChI=1S/C21H15BrF3N11O2/c1-9-5-10-7-28-30-16(10)14(17(26)37)15(9)29-19(38)13-6-11(8-35-33-20(31-34-35)21(23,24)25)32-36(13)18-12(22)3-2-4-27-18/h2-7H,8H2,1H3,(H2,26,37)(H,28,30)(H,29,38). The summed E-state index contributed by atoms with van der Waals surface area (Å²) in [6.07, 6.45) is -1.78. The van der Waals surface area contributed by atoms with Gasteiger partial charge in [-0.25, -0.2) is 9.67 Å². The fourth-order valence-corrected chi connectivity index (χ4v) is 4.17. The minimum Gasteiger partial charge on any atom is -0.365 e. The second kappa shape index (κ2) is 9.33. The van der Waals surface area contributed by atoms with E-state index in [0.29, 0.717) is 25.7 Å². The van der Waals surface area contributed by atoms with E-state index in [-0.39, 0.29) is 35.0 Å². The molecule has 0 bridgehead atoms. The molecule has 38 heavy (non-hydrogen) atoms. The Balaban J connectivity index is 1.56. The molecule has 0 saturated heterocycles. The summed E-state index contributed by atoms with van der Waals surface area (Å²) in [5.74, 6) is -2.68. The number of pyridine rings is 1. The van der Waals surface area contributed by atoms with Crippen LogP contribution in [0, 0.1) is 6.92 Å². The second-order valence-corrected chi connectivity index (χ2v) is 8.83. The van der Waals surface area contributed by atoms with Crippen LogP contribution in [0.3, 0.4) is 0 Å². The number of primary amides is 1. The average molecular weight is 590 g/mol. The summed E-state index contributed by atoms with van der Waals surface area (Å²) >= 11 is 3.36. The predicted molar refractivity (Wildman–Crippen MR) is 128 cm³/mol. The topological polar surface area (TPSA) is 175 Å². The van der Waals surface area contributed by atoms with E-state index in [2.05, 4.69) is 56.9 Å². The molecule has 0 fully saturated rings. The van der Waals surface area contributed by atoms with Crippen molar-refractivity contribution >= 4 is 44.3 Å². The van der Waals surface area contributed by atoms with Crippen molar-refractivity contribution in [2.24, 2.45) is 5.73 Å². The number of aromatic amines is 1. The number of nitrogens with one attached hydrogen (secondary N) is 2. The zero-order valence-corrected chi connectivity index (χ0v) is 20.7. The van der Waals surface area contributed by atoms with Crippen LogP contribution in [0.15, 0.2) is 41.1 Å². The molecule has 194 valence electrons. The highest BCUT2D eigenvalue weighted by Gasteiger charge is 2.37. The number of H-pyrrole nitrogens is 1. The highest BCUT2D eigenvalue weighted by Crippen LogP contribution is 2.30. The second-order valence-electron chi connectivity index (χ2n) is 7.98.